The van der Waals surface area contributed by atoms with Crippen LogP contribution in [0.5, 0.6) is 0 Å². The molecule has 0 saturated carbocycles. The standard InChI is InChI=1S/C20H23N3O2/c1-14(2)11-21-19(24)15-7-9-18(10-8-15)22-20(25)23-12-16-5-3-4-6-17(16)13-23/h3-10,14H,11-13H2,1-2H3,(H,21,24)(H,22,25). The van der Waals surface area contributed by atoms with Crippen LogP contribution in [0.25, 0.3) is 0 Å². The van der Waals surface area contributed by atoms with Crippen LogP contribution >= 0.6 is 0 Å². The van der Waals surface area contributed by atoms with Crippen molar-refractivity contribution in [3.63, 3.8) is 0 Å². The summed E-state index contributed by atoms with van der Waals surface area (Å²) < 4.78 is 0. The Morgan fingerprint density at radius 2 is 1.60 bits per heavy atom. The summed E-state index contributed by atoms with van der Waals surface area (Å²) in [6.07, 6.45) is 0. The fourth-order valence-corrected chi connectivity index (χ4v) is 2.78. The fraction of sp³-hybridized carbons (Fsp3) is 0.300. The Hall–Kier alpha value is -2.82. The predicted octanol–water partition coefficient (Wildman–Crippen LogP) is 3.62. The lowest BCUT2D eigenvalue weighted by atomic mass is 10.1. The maximum Gasteiger partial charge on any atom is 0.322 e. The first-order valence-electron chi connectivity index (χ1n) is 8.54. The highest BCUT2D eigenvalue weighted by atomic mass is 16.2. The third-order valence-electron chi connectivity index (χ3n) is 4.20. The minimum absolute atomic E-state index is 0.0958. The number of fused-ring (bicyclic) bond motifs is 1. The quantitative estimate of drug-likeness (QED) is 0.895. The fourth-order valence-electron chi connectivity index (χ4n) is 2.78. The average molecular weight is 337 g/mol. The predicted molar refractivity (Wildman–Crippen MR) is 98.3 cm³/mol. The molecule has 0 aromatic heterocycles. The summed E-state index contributed by atoms with van der Waals surface area (Å²) in [5, 5.41) is 5.77. The maximum atomic E-state index is 12.4. The Balaban J connectivity index is 1.57. The molecule has 1 aliphatic heterocycles. The largest absolute Gasteiger partial charge is 0.352 e. The van der Waals surface area contributed by atoms with E-state index in [4.69, 9.17) is 0 Å². The first-order chi connectivity index (χ1) is 12.0. The van der Waals surface area contributed by atoms with Gasteiger partial charge in [-0.15, -0.1) is 0 Å². The third-order valence-corrected chi connectivity index (χ3v) is 4.20. The second-order valence-corrected chi connectivity index (χ2v) is 6.74. The number of nitrogens with one attached hydrogen (secondary N) is 2. The SMILES string of the molecule is CC(C)CNC(=O)c1ccc(NC(=O)N2Cc3ccccc3C2)cc1. The highest BCUT2D eigenvalue weighted by Crippen LogP contribution is 2.23. The lowest BCUT2D eigenvalue weighted by Gasteiger charge is -2.16. The summed E-state index contributed by atoms with van der Waals surface area (Å²) in [6.45, 7) is 5.99. The molecule has 130 valence electrons. The Kier molecular flexibility index (Phi) is 5.03. The number of carbonyl (C=O) groups excluding carboxylic acids is 2. The zero-order chi connectivity index (χ0) is 17.8. The van der Waals surface area contributed by atoms with Crippen molar-refractivity contribution in [3.8, 4) is 0 Å². The highest BCUT2D eigenvalue weighted by molar-refractivity contribution is 5.95. The van der Waals surface area contributed by atoms with Crippen LogP contribution in [0.15, 0.2) is 48.5 Å². The molecule has 1 aliphatic rings. The molecule has 0 atom stereocenters. The molecule has 0 bridgehead atoms. The van der Waals surface area contributed by atoms with Crippen LogP contribution in [0.4, 0.5) is 10.5 Å². The number of hydrogen-bond acceptors (Lipinski definition) is 2. The van der Waals surface area contributed by atoms with Gasteiger partial charge in [0.15, 0.2) is 0 Å². The first kappa shape index (κ1) is 17.0. The number of benzene rings is 2. The highest BCUT2D eigenvalue weighted by Gasteiger charge is 2.22. The van der Waals surface area contributed by atoms with Gasteiger partial charge in [0, 0.05) is 30.9 Å². The second-order valence-electron chi connectivity index (χ2n) is 6.74. The molecule has 0 fully saturated rings. The summed E-state index contributed by atoms with van der Waals surface area (Å²) in [7, 11) is 0. The van der Waals surface area contributed by atoms with E-state index >= 15 is 0 Å². The molecule has 2 aromatic carbocycles. The lowest BCUT2D eigenvalue weighted by Crippen LogP contribution is -2.30. The van der Waals surface area contributed by atoms with Crippen LogP contribution in [-0.4, -0.2) is 23.4 Å². The normalized spacial score (nSPS) is 12.8. The third kappa shape index (κ3) is 4.18. The van der Waals surface area contributed by atoms with E-state index in [0.717, 1.165) is 0 Å². The van der Waals surface area contributed by atoms with Crippen molar-refractivity contribution in [1.82, 2.24) is 10.2 Å². The maximum absolute atomic E-state index is 12.4. The number of anilines is 1. The van der Waals surface area contributed by atoms with Gasteiger partial charge in [-0.2, -0.15) is 0 Å². The number of hydrogen-bond donors (Lipinski definition) is 2. The summed E-state index contributed by atoms with van der Waals surface area (Å²) in [4.78, 5) is 26.2. The average Bonchev–Trinajstić information content (AvgIpc) is 3.04. The zero-order valence-corrected chi connectivity index (χ0v) is 14.6. The van der Waals surface area contributed by atoms with Crippen LogP contribution in [0.2, 0.25) is 0 Å². The van der Waals surface area contributed by atoms with E-state index in [-0.39, 0.29) is 11.9 Å². The summed E-state index contributed by atoms with van der Waals surface area (Å²) in [6, 6.07) is 14.9. The molecule has 0 spiro atoms. The zero-order valence-electron chi connectivity index (χ0n) is 14.6. The van der Waals surface area contributed by atoms with E-state index in [0.29, 0.717) is 36.8 Å². The van der Waals surface area contributed by atoms with Crippen molar-refractivity contribution >= 4 is 17.6 Å². The van der Waals surface area contributed by atoms with E-state index in [1.807, 2.05) is 24.3 Å². The molecule has 0 unspecified atom stereocenters. The number of carbonyl (C=O) groups is 2. The molecular formula is C20H23N3O2. The Morgan fingerprint density at radius 1 is 1.00 bits per heavy atom. The summed E-state index contributed by atoms with van der Waals surface area (Å²) in [5.74, 6) is 0.314. The second kappa shape index (κ2) is 7.38. The molecule has 1 heterocycles. The molecule has 5 nitrogen and oxygen atoms in total. The van der Waals surface area contributed by atoms with Crippen molar-refractivity contribution in [2.24, 2.45) is 5.92 Å². The molecule has 2 aromatic rings. The van der Waals surface area contributed by atoms with E-state index in [1.54, 1.807) is 29.2 Å². The topological polar surface area (TPSA) is 61.4 Å². The van der Waals surface area contributed by atoms with Gasteiger partial charge >= 0.3 is 6.03 Å². The number of nitrogens with zero attached hydrogens (tertiary/aromatic N) is 1. The lowest BCUT2D eigenvalue weighted by molar-refractivity contribution is 0.0949. The van der Waals surface area contributed by atoms with Crippen molar-refractivity contribution in [1.29, 1.82) is 0 Å². The number of urea groups is 1. The monoisotopic (exact) mass is 337 g/mol. The molecule has 2 N–H and O–H groups in total. The van der Waals surface area contributed by atoms with Gasteiger partial charge in [-0.1, -0.05) is 38.1 Å². The van der Waals surface area contributed by atoms with Crippen molar-refractivity contribution in [3.05, 3.63) is 65.2 Å². The van der Waals surface area contributed by atoms with Gasteiger partial charge in [0.2, 0.25) is 0 Å². The van der Waals surface area contributed by atoms with Crippen molar-refractivity contribution in [2.75, 3.05) is 11.9 Å². The molecule has 3 rings (SSSR count). The molecule has 3 amide bonds. The first-order valence-corrected chi connectivity index (χ1v) is 8.54. The summed E-state index contributed by atoms with van der Waals surface area (Å²) >= 11 is 0. The molecule has 0 aliphatic carbocycles. The van der Waals surface area contributed by atoms with Gasteiger partial charge in [0.1, 0.15) is 0 Å². The Bertz CT molecular complexity index is 744. The Labute approximate surface area is 148 Å². The molecule has 0 saturated heterocycles. The van der Waals surface area contributed by atoms with Gasteiger partial charge in [-0.05, 0) is 41.3 Å². The van der Waals surface area contributed by atoms with Gasteiger partial charge in [0.05, 0.1) is 0 Å². The number of rotatable bonds is 4. The van der Waals surface area contributed by atoms with Gasteiger partial charge in [-0.25, -0.2) is 4.79 Å². The minimum atomic E-state index is -0.131. The van der Waals surface area contributed by atoms with Crippen molar-refractivity contribution in [2.45, 2.75) is 26.9 Å². The van der Waals surface area contributed by atoms with Crippen LogP contribution in [0.1, 0.15) is 35.3 Å². The molecular weight excluding hydrogens is 314 g/mol. The molecule has 25 heavy (non-hydrogen) atoms. The van der Waals surface area contributed by atoms with Crippen LogP contribution in [0, 0.1) is 5.92 Å². The Morgan fingerprint density at radius 3 is 2.16 bits per heavy atom. The van der Waals surface area contributed by atoms with E-state index in [9.17, 15) is 9.59 Å². The van der Waals surface area contributed by atoms with Crippen molar-refractivity contribution < 1.29 is 9.59 Å². The molecule has 0 radical (unpaired) electrons. The van der Waals surface area contributed by atoms with E-state index in [2.05, 4.69) is 24.5 Å². The van der Waals surface area contributed by atoms with Crippen LogP contribution < -0.4 is 10.6 Å². The summed E-state index contributed by atoms with van der Waals surface area (Å²) in [5.41, 5.74) is 3.65. The van der Waals surface area contributed by atoms with Crippen LogP contribution in [0.3, 0.4) is 0 Å². The van der Waals surface area contributed by atoms with E-state index in [1.165, 1.54) is 11.1 Å². The number of amides is 3. The van der Waals surface area contributed by atoms with Gasteiger partial charge < -0.3 is 15.5 Å². The minimum Gasteiger partial charge on any atom is -0.352 e. The molecule has 5 heteroatoms. The van der Waals surface area contributed by atoms with Crippen LogP contribution in [-0.2, 0) is 13.1 Å². The van der Waals surface area contributed by atoms with Gasteiger partial charge in [-0.3, -0.25) is 4.79 Å². The van der Waals surface area contributed by atoms with E-state index < -0.39 is 0 Å². The van der Waals surface area contributed by atoms with Gasteiger partial charge in [0.25, 0.3) is 5.91 Å². The smallest absolute Gasteiger partial charge is 0.322 e.